The van der Waals surface area contributed by atoms with E-state index in [4.69, 9.17) is 0 Å². The molecular weight excluding hydrogens is 306 g/mol. The molecule has 0 amide bonds. The van der Waals surface area contributed by atoms with Gasteiger partial charge in [-0.25, -0.2) is 8.42 Å². The Bertz CT molecular complexity index is 607. The first-order chi connectivity index (χ1) is 11.0. The van der Waals surface area contributed by atoms with Crippen molar-refractivity contribution in [1.29, 1.82) is 0 Å². The lowest BCUT2D eigenvalue weighted by molar-refractivity contribution is 0.222. The molecule has 1 heterocycles. The van der Waals surface area contributed by atoms with Crippen molar-refractivity contribution in [2.75, 3.05) is 13.1 Å². The molecule has 2 aliphatic rings. The third-order valence-electron chi connectivity index (χ3n) is 5.43. The first-order valence-electron chi connectivity index (χ1n) is 9.07. The Kier molecular flexibility index (Phi) is 5.12. The van der Waals surface area contributed by atoms with Crippen LogP contribution in [-0.4, -0.2) is 25.8 Å². The number of nitrogens with zero attached hydrogens (tertiary/aromatic N) is 1. The Labute approximate surface area is 141 Å². The van der Waals surface area contributed by atoms with E-state index in [0.717, 1.165) is 6.42 Å². The molecule has 0 aromatic heterocycles. The first-order valence-corrected chi connectivity index (χ1v) is 10.5. The number of hydrogen-bond acceptors (Lipinski definition) is 2. The van der Waals surface area contributed by atoms with Crippen molar-refractivity contribution < 1.29 is 8.42 Å². The summed E-state index contributed by atoms with van der Waals surface area (Å²) in [6.07, 6.45) is 7.55. The molecule has 1 aliphatic carbocycles. The lowest BCUT2D eigenvalue weighted by Gasteiger charge is -2.34. The van der Waals surface area contributed by atoms with E-state index in [2.05, 4.69) is 13.8 Å². The average molecular weight is 336 g/mol. The molecule has 1 aromatic carbocycles. The minimum atomic E-state index is -3.34. The molecule has 2 atom stereocenters. The maximum Gasteiger partial charge on any atom is 0.243 e. The van der Waals surface area contributed by atoms with Crippen LogP contribution in [0.15, 0.2) is 29.2 Å². The normalized spacial score (nSPS) is 27.9. The highest BCUT2D eigenvalue weighted by Gasteiger charge is 2.31. The summed E-state index contributed by atoms with van der Waals surface area (Å²) in [4.78, 5) is 0.457. The fourth-order valence-corrected chi connectivity index (χ4v) is 5.98. The SMILES string of the molecule is C[C@H]1C[C@H](C)CN(S(=O)(=O)c2ccc(C3CCCCC3)cc2)C1. The van der Waals surface area contributed by atoms with Gasteiger partial charge in [0.1, 0.15) is 0 Å². The van der Waals surface area contributed by atoms with Gasteiger partial charge in [-0.05, 0) is 54.7 Å². The molecule has 3 rings (SSSR count). The van der Waals surface area contributed by atoms with E-state index in [9.17, 15) is 8.42 Å². The molecule has 0 bridgehead atoms. The van der Waals surface area contributed by atoms with Crippen molar-refractivity contribution in [3.05, 3.63) is 29.8 Å². The molecule has 1 saturated carbocycles. The van der Waals surface area contributed by atoms with Crippen molar-refractivity contribution in [3.63, 3.8) is 0 Å². The van der Waals surface area contributed by atoms with Gasteiger partial charge in [-0.15, -0.1) is 0 Å². The summed E-state index contributed by atoms with van der Waals surface area (Å²) in [5, 5.41) is 0. The Morgan fingerprint density at radius 3 is 2.04 bits per heavy atom. The lowest BCUT2D eigenvalue weighted by atomic mass is 9.84. The van der Waals surface area contributed by atoms with E-state index in [1.807, 2.05) is 24.3 Å². The Balaban J connectivity index is 1.77. The van der Waals surface area contributed by atoms with Gasteiger partial charge in [-0.2, -0.15) is 4.31 Å². The minimum Gasteiger partial charge on any atom is -0.207 e. The second-order valence-corrected chi connectivity index (χ2v) is 9.61. The Hall–Kier alpha value is -0.870. The third kappa shape index (κ3) is 3.80. The van der Waals surface area contributed by atoms with Crippen molar-refractivity contribution in [2.24, 2.45) is 11.8 Å². The molecule has 0 unspecified atom stereocenters. The van der Waals surface area contributed by atoms with E-state index >= 15 is 0 Å². The van der Waals surface area contributed by atoms with Gasteiger partial charge < -0.3 is 0 Å². The average Bonchev–Trinajstić information content (AvgIpc) is 2.55. The monoisotopic (exact) mass is 335 g/mol. The maximum atomic E-state index is 12.9. The quantitative estimate of drug-likeness (QED) is 0.821. The Morgan fingerprint density at radius 1 is 0.913 bits per heavy atom. The minimum absolute atomic E-state index is 0.440. The van der Waals surface area contributed by atoms with Crippen LogP contribution in [0.5, 0.6) is 0 Å². The molecule has 128 valence electrons. The van der Waals surface area contributed by atoms with Gasteiger partial charge in [0.2, 0.25) is 10.0 Å². The zero-order valence-electron chi connectivity index (χ0n) is 14.4. The summed E-state index contributed by atoms with van der Waals surface area (Å²) in [6.45, 7) is 5.59. The second kappa shape index (κ2) is 6.94. The third-order valence-corrected chi connectivity index (χ3v) is 7.28. The number of piperidine rings is 1. The standard InChI is InChI=1S/C19H29NO2S/c1-15-12-16(2)14-20(13-15)23(21,22)19-10-8-18(9-11-19)17-6-4-3-5-7-17/h8-11,15-17H,3-7,12-14H2,1-2H3/t15-,16-/m0/s1. The van der Waals surface area contributed by atoms with Crippen LogP contribution >= 0.6 is 0 Å². The molecular formula is C19H29NO2S. The maximum absolute atomic E-state index is 12.9. The number of hydrogen-bond donors (Lipinski definition) is 0. The highest BCUT2D eigenvalue weighted by Crippen LogP contribution is 2.33. The fourth-order valence-electron chi connectivity index (χ4n) is 4.30. The van der Waals surface area contributed by atoms with Crippen molar-refractivity contribution >= 4 is 10.0 Å². The van der Waals surface area contributed by atoms with Crippen LogP contribution in [0, 0.1) is 11.8 Å². The molecule has 4 heteroatoms. The topological polar surface area (TPSA) is 37.4 Å². The van der Waals surface area contributed by atoms with Gasteiger partial charge in [-0.1, -0.05) is 45.2 Å². The molecule has 1 aromatic rings. The Morgan fingerprint density at radius 2 is 1.48 bits per heavy atom. The summed E-state index contributed by atoms with van der Waals surface area (Å²) in [5.41, 5.74) is 1.31. The van der Waals surface area contributed by atoms with Crippen molar-refractivity contribution in [3.8, 4) is 0 Å². The first kappa shape index (κ1) is 17.0. The smallest absolute Gasteiger partial charge is 0.207 e. The summed E-state index contributed by atoms with van der Waals surface area (Å²) < 4.78 is 27.5. The van der Waals surface area contributed by atoms with Crippen LogP contribution in [-0.2, 0) is 10.0 Å². The molecule has 0 spiro atoms. The highest BCUT2D eigenvalue weighted by molar-refractivity contribution is 7.89. The van der Waals surface area contributed by atoms with Gasteiger partial charge in [-0.3, -0.25) is 0 Å². The van der Waals surface area contributed by atoms with Crippen LogP contribution in [0.25, 0.3) is 0 Å². The fraction of sp³-hybridized carbons (Fsp3) is 0.684. The van der Waals surface area contributed by atoms with Gasteiger partial charge >= 0.3 is 0 Å². The van der Waals surface area contributed by atoms with E-state index in [1.54, 1.807) is 4.31 Å². The molecule has 0 radical (unpaired) electrons. The van der Waals surface area contributed by atoms with Gasteiger partial charge in [0.05, 0.1) is 4.90 Å². The molecule has 1 aliphatic heterocycles. The van der Waals surface area contributed by atoms with E-state index in [-0.39, 0.29) is 0 Å². The van der Waals surface area contributed by atoms with Crippen molar-refractivity contribution in [1.82, 2.24) is 4.31 Å². The molecule has 2 fully saturated rings. The summed E-state index contributed by atoms with van der Waals surface area (Å²) >= 11 is 0. The lowest BCUT2D eigenvalue weighted by Crippen LogP contribution is -2.42. The van der Waals surface area contributed by atoms with E-state index < -0.39 is 10.0 Å². The van der Waals surface area contributed by atoms with Gasteiger partial charge in [0, 0.05) is 13.1 Å². The number of rotatable bonds is 3. The van der Waals surface area contributed by atoms with Crippen LogP contribution in [0.2, 0.25) is 0 Å². The number of sulfonamides is 1. The number of benzene rings is 1. The largest absolute Gasteiger partial charge is 0.243 e. The molecule has 0 N–H and O–H groups in total. The summed E-state index contributed by atoms with van der Waals surface area (Å²) in [7, 11) is -3.34. The molecule has 3 nitrogen and oxygen atoms in total. The van der Waals surface area contributed by atoms with Gasteiger partial charge in [0.15, 0.2) is 0 Å². The summed E-state index contributed by atoms with van der Waals surface area (Å²) in [5.74, 6) is 1.50. The molecule has 1 saturated heterocycles. The second-order valence-electron chi connectivity index (χ2n) is 7.67. The zero-order valence-corrected chi connectivity index (χ0v) is 15.2. The van der Waals surface area contributed by atoms with Crippen LogP contribution in [0.4, 0.5) is 0 Å². The predicted molar refractivity (Wildman–Crippen MR) is 94.0 cm³/mol. The predicted octanol–water partition coefficient (Wildman–Crippen LogP) is 4.40. The zero-order chi connectivity index (χ0) is 16.4. The van der Waals surface area contributed by atoms with Crippen LogP contribution < -0.4 is 0 Å². The van der Waals surface area contributed by atoms with E-state index in [0.29, 0.717) is 35.7 Å². The van der Waals surface area contributed by atoms with Crippen LogP contribution in [0.1, 0.15) is 63.9 Å². The van der Waals surface area contributed by atoms with Gasteiger partial charge in [0.25, 0.3) is 0 Å². The van der Waals surface area contributed by atoms with Crippen LogP contribution in [0.3, 0.4) is 0 Å². The van der Waals surface area contributed by atoms with E-state index in [1.165, 1.54) is 37.7 Å². The summed E-state index contributed by atoms with van der Waals surface area (Å²) in [6, 6.07) is 7.73. The highest BCUT2D eigenvalue weighted by atomic mass is 32.2. The molecule has 23 heavy (non-hydrogen) atoms. The van der Waals surface area contributed by atoms with Crippen molar-refractivity contribution in [2.45, 2.75) is 63.2 Å².